The fourth-order valence-electron chi connectivity index (χ4n) is 4.11. The average molecular weight is 625 g/mol. The maximum Gasteiger partial charge on any atom is 0.264 e. The second kappa shape index (κ2) is 13.7. The number of halogens is 3. The number of sulfonamides is 1. The van der Waals surface area contributed by atoms with Crippen LogP contribution in [0.2, 0.25) is 15.1 Å². The van der Waals surface area contributed by atoms with Gasteiger partial charge in [0.25, 0.3) is 10.0 Å². The highest BCUT2D eigenvalue weighted by molar-refractivity contribution is 7.92. The van der Waals surface area contributed by atoms with E-state index in [2.05, 4.69) is 5.32 Å². The predicted octanol–water partition coefficient (Wildman–Crippen LogP) is 6.48. The zero-order chi connectivity index (χ0) is 29.6. The molecule has 3 aromatic rings. The third-order valence-electron chi connectivity index (χ3n) is 6.18. The van der Waals surface area contributed by atoms with Crippen molar-refractivity contribution in [1.82, 2.24) is 10.2 Å². The maximum atomic E-state index is 14.0. The molecule has 0 aliphatic rings. The number of benzene rings is 3. The Bertz CT molecular complexity index is 1450. The van der Waals surface area contributed by atoms with Gasteiger partial charge in [0.05, 0.1) is 10.6 Å². The van der Waals surface area contributed by atoms with E-state index in [1.165, 1.54) is 29.2 Å². The lowest BCUT2D eigenvalue weighted by Crippen LogP contribution is -2.53. The van der Waals surface area contributed by atoms with Crippen molar-refractivity contribution >= 4 is 62.3 Å². The highest BCUT2D eigenvalue weighted by atomic mass is 35.5. The Kier molecular flexibility index (Phi) is 10.9. The number of anilines is 1. The number of aryl methyl sites for hydroxylation is 1. The summed E-state index contributed by atoms with van der Waals surface area (Å²) in [5.74, 6) is -0.923. The molecular formula is C29H32Cl3N3O4S. The molecule has 7 nitrogen and oxygen atoms in total. The van der Waals surface area contributed by atoms with E-state index in [9.17, 15) is 18.0 Å². The number of hydrogen-bond acceptors (Lipinski definition) is 4. The standard InChI is InChI=1S/C29H32Cl3N3O4S/c1-5-27(29(37)33-19(2)3)34(17-21-8-9-23(31)16-26(21)32)28(36)18-35(24-12-6-20(4)7-13-24)40(38,39)25-14-10-22(30)11-15-25/h6-16,19,27H,5,17-18H2,1-4H3,(H,33,37). The summed E-state index contributed by atoms with van der Waals surface area (Å²) in [6.07, 6.45) is 0.296. The van der Waals surface area contributed by atoms with E-state index < -0.39 is 28.5 Å². The minimum atomic E-state index is -4.19. The van der Waals surface area contributed by atoms with Crippen LogP contribution in [-0.4, -0.2) is 43.8 Å². The second-order valence-corrected chi connectivity index (χ2v) is 12.8. The minimum Gasteiger partial charge on any atom is -0.352 e. The molecule has 0 radical (unpaired) electrons. The van der Waals surface area contributed by atoms with Crippen molar-refractivity contribution in [2.24, 2.45) is 0 Å². The molecule has 0 bridgehead atoms. The molecular weight excluding hydrogens is 593 g/mol. The van der Waals surface area contributed by atoms with Crippen LogP contribution in [0.5, 0.6) is 0 Å². The summed E-state index contributed by atoms with van der Waals surface area (Å²) in [5.41, 5.74) is 1.80. The lowest BCUT2D eigenvalue weighted by atomic mass is 10.1. The van der Waals surface area contributed by atoms with E-state index in [-0.39, 0.29) is 23.4 Å². The molecule has 214 valence electrons. The van der Waals surface area contributed by atoms with Gasteiger partial charge >= 0.3 is 0 Å². The molecule has 0 aromatic heterocycles. The van der Waals surface area contributed by atoms with Crippen LogP contribution in [0.3, 0.4) is 0 Å². The summed E-state index contributed by atoms with van der Waals surface area (Å²) in [6.45, 7) is 6.74. The zero-order valence-electron chi connectivity index (χ0n) is 22.7. The van der Waals surface area contributed by atoms with Gasteiger partial charge in [-0.15, -0.1) is 0 Å². The van der Waals surface area contributed by atoms with Crippen molar-refractivity contribution in [2.45, 2.75) is 57.6 Å². The zero-order valence-corrected chi connectivity index (χ0v) is 25.8. The Hall–Kier alpha value is -2.78. The van der Waals surface area contributed by atoms with Gasteiger partial charge in [-0.3, -0.25) is 13.9 Å². The van der Waals surface area contributed by atoms with E-state index in [1.54, 1.807) is 49.4 Å². The van der Waals surface area contributed by atoms with Crippen molar-refractivity contribution < 1.29 is 18.0 Å². The molecule has 1 unspecified atom stereocenters. The molecule has 0 saturated carbocycles. The molecule has 40 heavy (non-hydrogen) atoms. The van der Waals surface area contributed by atoms with Crippen molar-refractivity contribution in [3.8, 4) is 0 Å². The van der Waals surface area contributed by atoms with Gasteiger partial charge in [-0.05, 0) is 81.3 Å². The SMILES string of the molecule is CCC(C(=O)NC(C)C)N(Cc1ccc(Cl)cc1Cl)C(=O)CN(c1ccc(C)cc1)S(=O)(=O)c1ccc(Cl)cc1. The Labute approximate surface area is 251 Å². The Morgan fingerprint density at radius 1 is 0.900 bits per heavy atom. The molecule has 0 aliphatic heterocycles. The van der Waals surface area contributed by atoms with Crippen LogP contribution in [0.15, 0.2) is 71.6 Å². The first-order valence-corrected chi connectivity index (χ1v) is 15.3. The minimum absolute atomic E-state index is 0.0258. The summed E-state index contributed by atoms with van der Waals surface area (Å²) in [7, 11) is -4.19. The van der Waals surface area contributed by atoms with E-state index >= 15 is 0 Å². The van der Waals surface area contributed by atoms with E-state index in [1.807, 2.05) is 20.8 Å². The number of nitrogens with zero attached hydrogens (tertiary/aromatic N) is 2. The fourth-order valence-corrected chi connectivity index (χ4v) is 6.12. The van der Waals surface area contributed by atoms with Crippen LogP contribution >= 0.6 is 34.8 Å². The molecule has 0 heterocycles. The highest BCUT2D eigenvalue weighted by Gasteiger charge is 2.34. The highest BCUT2D eigenvalue weighted by Crippen LogP contribution is 2.27. The summed E-state index contributed by atoms with van der Waals surface area (Å²) < 4.78 is 28.7. The van der Waals surface area contributed by atoms with E-state index in [0.717, 1.165) is 9.87 Å². The monoisotopic (exact) mass is 623 g/mol. The largest absolute Gasteiger partial charge is 0.352 e. The van der Waals surface area contributed by atoms with Crippen LogP contribution in [0, 0.1) is 6.92 Å². The molecule has 3 rings (SSSR count). The molecule has 0 spiro atoms. The summed E-state index contributed by atoms with van der Waals surface area (Å²) in [5, 5.41) is 3.99. The average Bonchev–Trinajstić information content (AvgIpc) is 2.88. The third kappa shape index (κ3) is 7.91. The van der Waals surface area contributed by atoms with Gasteiger partial charge in [0.15, 0.2) is 0 Å². The van der Waals surface area contributed by atoms with Gasteiger partial charge in [0, 0.05) is 27.7 Å². The van der Waals surface area contributed by atoms with Gasteiger partial charge < -0.3 is 10.2 Å². The van der Waals surface area contributed by atoms with Crippen LogP contribution in [0.25, 0.3) is 0 Å². The number of nitrogens with one attached hydrogen (secondary N) is 1. The quantitative estimate of drug-likeness (QED) is 0.265. The molecule has 11 heteroatoms. The number of carbonyl (C=O) groups excluding carboxylic acids is 2. The Morgan fingerprint density at radius 3 is 2.05 bits per heavy atom. The van der Waals surface area contributed by atoms with Crippen LogP contribution < -0.4 is 9.62 Å². The van der Waals surface area contributed by atoms with Crippen molar-refractivity contribution in [1.29, 1.82) is 0 Å². The number of rotatable bonds is 11. The first-order chi connectivity index (χ1) is 18.8. The van der Waals surface area contributed by atoms with Crippen molar-refractivity contribution in [3.05, 3.63) is 92.9 Å². The molecule has 0 saturated heterocycles. The first kappa shape index (κ1) is 31.7. The predicted molar refractivity (Wildman–Crippen MR) is 162 cm³/mol. The maximum absolute atomic E-state index is 14.0. The lowest BCUT2D eigenvalue weighted by molar-refractivity contribution is -0.140. The lowest BCUT2D eigenvalue weighted by Gasteiger charge is -2.33. The Morgan fingerprint density at radius 2 is 1.50 bits per heavy atom. The Balaban J connectivity index is 2.08. The van der Waals surface area contributed by atoms with E-state index in [0.29, 0.717) is 32.7 Å². The topological polar surface area (TPSA) is 86.8 Å². The van der Waals surface area contributed by atoms with Crippen molar-refractivity contribution in [3.63, 3.8) is 0 Å². The van der Waals surface area contributed by atoms with Gasteiger partial charge in [-0.1, -0.05) is 65.5 Å². The molecule has 1 N–H and O–H groups in total. The smallest absolute Gasteiger partial charge is 0.264 e. The van der Waals surface area contributed by atoms with Gasteiger partial charge in [0.1, 0.15) is 12.6 Å². The van der Waals surface area contributed by atoms with Crippen molar-refractivity contribution in [2.75, 3.05) is 10.8 Å². The van der Waals surface area contributed by atoms with Crippen LogP contribution in [-0.2, 0) is 26.2 Å². The molecule has 0 fully saturated rings. The van der Waals surface area contributed by atoms with Gasteiger partial charge in [-0.25, -0.2) is 8.42 Å². The van der Waals surface area contributed by atoms with Crippen LogP contribution in [0.1, 0.15) is 38.3 Å². The summed E-state index contributed by atoms with van der Waals surface area (Å²) in [6, 6.07) is 16.4. The van der Waals surface area contributed by atoms with E-state index in [4.69, 9.17) is 34.8 Å². The van der Waals surface area contributed by atoms with Gasteiger partial charge in [0.2, 0.25) is 11.8 Å². The fraction of sp³-hybridized carbons (Fsp3) is 0.310. The first-order valence-electron chi connectivity index (χ1n) is 12.7. The van der Waals surface area contributed by atoms with Gasteiger partial charge in [-0.2, -0.15) is 0 Å². The normalized spacial score (nSPS) is 12.2. The molecule has 2 amide bonds. The summed E-state index contributed by atoms with van der Waals surface area (Å²) >= 11 is 18.5. The summed E-state index contributed by atoms with van der Waals surface area (Å²) in [4.78, 5) is 28.6. The van der Waals surface area contributed by atoms with Crippen LogP contribution in [0.4, 0.5) is 5.69 Å². The number of amides is 2. The number of hydrogen-bond donors (Lipinski definition) is 1. The molecule has 3 aromatic carbocycles. The molecule has 0 aliphatic carbocycles. The molecule has 1 atom stereocenters. The number of carbonyl (C=O) groups is 2. The second-order valence-electron chi connectivity index (χ2n) is 9.65. The third-order valence-corrected chi connectivity index (χ3v) is 8.80.